The highest BCUT2D eigenvalue weighted by molar-refractivity contribution is 6.31. The first-order valence-corrected chi connectivity index (χ1v) is 11.2. The molecule has 0 aliphatic heterocycles. The third-order valence-corrected chi connectivity index (χ3v) is 6.36. The lowest BCUT2D eigenvalue weighted by molar-refractivity contribution is -0.140. The molecule has 6 nitrogen and oxygen atoms in total. The van der Waals surface area contributed by atoms with Crippen LogP contribution in [0, 0.1) is 0 Å². The van der Waals surface area contributed by atoms with Gasteiger partial charge in [0.2, 0.25) is 0 Å². The Kier molecular flexibility index (Phi) is 7.07. The van der Waals surface area contributed by atoms with Crippen molar-refractivity contribution in [3.63, 3.8) is 0 Å². The molecule has 1 fully saturated rings. The van der Waals surface area contributed by atoms with E-state index in [1.807, 2.05) is 4.90 Å². The van der Waals surface area contributed by atoms with Crippen LogP contribution in [-0.2, 0) is 6.18 Å². The topological polar surface area (TPSA) is 71.0 Å². The number of amides is 1. The SMILES string of the molecule is CN(c1cc(C(F)(F)F)nc2ccc(Cl)cc12)[C@H]1CC[C@@H](NC(=O)c2cnc(C(F)F)cn2)CC1. The number of fused-ring (bicyclic) bond motifs is 1. The van der Waals surface area contributed by atoms with E-state index >= 15 is 0 Å². The summed E-state index contributed by atoms with van der Waals surface area (Å²) in [6.07, 6.45) is -3.10. The molecule has 1 aliphatic rings. The van der Waals surface area contributed by atoms with Crippen molar-refractivity contribution in [2.24, 2.45) is 0 Å². The number of pyridine rings is 1. The van der Waals surface area contributed by atoms with Crippen LogP contribution in [-0.4, -0.2) is 40.0 Å². The van der Waals surface area contributed by atoms with Crippen LogP contribution in [0.3, 0.4) is 0 Å². The highest BCUT2D eigenvalue weighted by Gasteiger charge is 2.35. The summed E-state index contributed by atoms with van der Waals surface area (Å²) in [6.45, 7) is 0. The van der Waals surface area contributed by atoms with Gasteiger partial charge in [0.25, 0.3) is 12.3 Å². The molecule has 12 heteroatoms. The van der Waals surface area contributed by atoms with E-state index in [-0.39, 0.29) is 23.3 Å². The van der Waals surface area contributed by atoms with Crippen molar-refractivity contribution >= 4 is 34.1 Å². The van der Waals surface area contributed by atoms with Crippen LogP contribution in [0.2, 0.25) is 5.02 Å². The van der Waals surface area contributed by atoms with Crippen LogP contribution < -0.4 is 10.2 Å². The lowest BCUT2D eigenvalue weighted by atomic mass is 9.89. The summed E-state index contributed by atoms with van der Waals surface area (Å²) in [5, 5.41) is 3.74. The monoisotopic (exact) mass is 513 g/mol. The van der Waals surface area contributed by atoms with Crippen molar-refractivity contribution < 1.29 is 26.7 Å². The van der Waals surface area contributed by atoms with E-state index in [0.717, 1.165) is 18.5 Å². The fourth-order valence-corrected chi connectivity index (χ4v) is 4.42. The average molecular weight is 514 g/mol. The Balaban J connectivity index is 1.46. The van der Waals surface area contributed by atoms with Crippen LogP contribution in [0.25, 0.3) is 10.9 Å². The van der Waals surface area contributed by atoms with Crippen LogP contribution in [0.5, 0.6) is 0 Å². The Morgan fingerprint density at radius 3 is 2.43 bits per heavy atom. The molecule has 35 heavy (non-hydrogen) atoms. The fraction of sp³-hybridized carbons (Fsp3) is 0.391. The minimum atomic E-state index is -4.60. The molecule has 2 heterocycles. The van der Waals surface area contributed by atoms with Gasteiger partial charge in [-0.05, 0) is 49.9 Å². The number of carbonyl (C=O) groups excluding carboxylic acids is 1. The molecule has 0 saturated heterocycles. The first-order valence-electron chi connectivity index (χ1n) is 10.8. The van der Waals surface area contributed by atoms with Crippen LogP contribution >= 0.6 is 11.6 Å². The molecule has 4 rings (SSSR count). The Labute approximate surface area is 202 Å². The van der Waals surface area contributed by atoms with Gasteiger partial charge in [0, 0.05) is 35.2 Å². The molecular weight excluding hydrogens is 493 g/mol. The summed E-state index contributed by atoms with van der Waals surface area (Å²) in [5.74, 6) is -0.514. The van der Waals surface area contributed by atoms with E-state index < -0.39 is 29.9 Å². The van der Waals surface area contributed by atoms with E-state index in [0.29, 0.717) is 41.8 Å². The van der Waals surface area contributed by atoms with Crippen molar-refractivity contribution in [1.82, 2.24) is 20.3 Å². The molecule has 0 bridgehead atoms. The Morgan fingerprint density at radius 1 is 1.11 bits per heavy atom. The largest absolute Gasteiger partial charge is 0.433 e. The third kappa shape index (κ3) is 5.61. The Hall–Kier alpha value is -3.08. The Morgan fingerprint density at radius 2 is 1.83 bits per heavy atom. The Bertz CT molecular complexity index is 1210. The van der Waals surface area contributed by atoms with Gasteiger partial charge in [0.15, 0.2) is 0 Å². The number of halogens is 6. The van der Waals surface area contributed by atoms with Gasteiger partial charge in [-0.15, -0.1) is 0 Å². The maximum Gasteiger partial charge on any atom is 0.433 e. The number of aromatic nitrogens is 3. The minimum absolute atomic E-state index is 0.0616. The predicted molar refractivity (Wildman–Crippen MR) is 121 cm³/mol. The van der Waals surface area contributed by atoms with Gasteiger partial charge in [0.1, 0.15) is 17.1 Å². The smallest absolute Gasteiger partial charge is 0.371 e. The number of rotatable bonds is 5. The standard InChI is InChI=1S/C23H21ClF5N5O/c1-34(19-9-20(23(27,28)29)33-16-7-2-12(24)8-15(16)19)14-5-3-13(4-6-14)32-22(35)18-11-30-17(10-31-18)21(25)26/h2,7-11,13-14,21H,3-6H2,1H3,(H,32,35)/t13-,14+. The van der Waals surface area contributed by atoms with Crippen molar-refractivity contribution in [2.45, 2.75) is 50.4 Å². The molecule has 0 spiro atoms. The molecule has 1 N–H and O–H groups in total. The van der Waals surface area contributed by atoms with Crippen LogP contribution in [0.4, 0.5) is 27.6 Å². The molecule has 0 radical (unpaired) electrons. The number of benzene rings is 1. The lowest BCUT2D eigenvalue weighted by Crippen LogP contribution is -2.43. The van der Waals surface area contributed by atoms with Crippen molar-refractivity contribution in [3.05, 3.63) is 58.8 Å². The van der Waals surface area contributed by atoms with Gasteiger partial charge >= 0.3 is 6.18 Å². The van der Waals surface area contributed by atoms with E-state index in [2.05, 4.69) is 20.3 Å². The van der Waals surface area contributed by atoms with E-state index in [4.69, 9.17) is 11.6 Å². The normalized spacial score (nSPS) is 18.6. The van der Waals surface area contributed by atoms with E-state index in [1.54, 1.807) is 13.1 Å². The summed E-state index contributed by atoms with van der Waals surface area (Å²) >= 11 is 6.10. The summed E-state index contributed by atoms with van der Waals surface area (Å²) in [7, 11) is 1.74. The quantitative estimate of drug-likeness (QED) is 0.436. The minimum Gasteiger partial charge on any atom is -0.371 e. The number of carbonyl (C=O) groups is 1. The maximum atomic E-state index is 13.5. The second-order valence-corrected chi connectivity index (χ2v) is 8.84. The zero-order chi connectivity index (χ0) is 25.3. The predicted octanol–water partition coefficient (Wildman–Crippen LogP) is 5.81. The van der Waals surface area contributed by atoms with Gasteiger partial charge in [-0.25, -0.2) is 18.7 Å². The zero-order valence-corrected chi connectivity index (χ0v) is 19.2. The zero-order valence-electron chi connectivity index (χ0n) is 18.5. The number of alkyl halides is 5. The molecule has 1 aliphatic carbocycles. The fourth-order valence-electron chi connectivity index (χ4n) is 4.25. The number of nitrogens with one attached hydrogen (secondary N) is 1. The number of hydrogen-bond acceptors (Lipinski definition) is 5. The van der Waals surface area contributed by atoms with E-state index in [1.165, 1.54) is 12.1 Å². The number of nitrogens with zero attached hydrogens (tertiary/aromatic N) is 4. The number of hydrogen-bond donors (Lipinski definition) is 1. The van der Waals surface area contributed by atoms with Gasteiger partial charge in [0.05, 0.1) is 17.9 Å². The first-order chi connectivity index (χ1) is 16.5. The lowest BCUT2D eigenvalue weighted by Gasteiger charge is -2.37. The first kappa shape index (κ1) is 25.0. The third-order valence-electron chi connectivity index (χ3n) is 6.13. The molecule has 1 aromatic carbocycles. The van der Waals surface area contributed by atoms with Gasteiger partial charge in [-0.2, -0.15) is 13.2 Å². The summed E-state index contributed by atoms with van der Waals surface area (Å²) in [4.78, 5) is 25.2. The molecule has 186 valence electrons. The maximum absolute atomic E-state index is 13.5. The molecule has 0 atom stereocenters. The van der Waals surface area contributed by atoms with Crippen molar-refractivity contribution in [3.8, 4) is 0 Å². The molecule has 3 aromatic rings. The highest BCUT2D eigenvalue weighted by Crippen LogP contribution is 2.37. The molecule has 0 unspecified atom stereocenters. The van der Waals surface area contributed by atoms with Gasteiger partial charge in [-0.1, -0.05) is 11.6 Å². The van der Waals surface area contributed by atoms with Crippen molar-refractivity contribution in [1.29, 1.82) is 0 Å². The summed E-state index contributed by atoms with van der Waals surface area (Å²) in [5.41, 5.74) is -0.969. The molecular formula is C23H21ClF5N5O. The second-order valence-electron chi connectivity index (χ2n) is 8.40. The van der Waals surface area contributed by atoms with Crippen molar-refractivity contribution in [2.75, 3.05) is 11.9 Å². The van der Waals surface area contributed by atoms with Crippen LogP contribution in [0.15, 0.2) is 36.7 Å². The van der Waals surface area contributed by atoms with Gasteiger partial charge in [-0.3, -0.25) is 9.78 Å². The second kappa shape index (κ2) is 9.88. The molecule has 1 saturated carbocycles. The molecule has 1 amide bonds. The summed E-state index contributed by atoms with van der Waals surface area (Å²) in [6, 6.07) is 5.35. The highest BCUT2D eigenvalue weighted by atomic mass is 35.5. The molecule has 2 aromatic heterocycles. The van der Waals surface area contributed by atoms with E-state index in [9.17, 15) is 26.7 Å². The summed E-state index contributed by atoms with van der Waals surface area (Å²) < 4.78 is 65.6. The van der Waals surface area contributed by atoms with Gasteiger partial charge < -0.3 is 10.2 Å². The van der Waals surface area contributed by atoms with Crippen LogP contribution in [0.1, 0.15) is 54.0 Å². The average Bonchev–Trinajstić information content (AvgIpc) is 2.83. The number of anilines is 1.